The molecule has 0 saturated carbocycles. The summed E-state index contributed by atoms with van der Waals surface area (Å²) in [6, 6.07) is 2.32. The highest BCUT2D eigenvalue weighted by atomic mass is 32.1. The fourth-order valence-electron chi connectivity index (χ4n) is 1.91. The molecule has 0 aliphatic carbocycles. The van der Waals surface area contributed by atoms with Crippen LogP contribution in [0.4, 0.5) is 23.7 Å². The lowest BCUT2D eigenvalue weighted by atomic mass is 10.2. The van der Waals surface area contributed by atoms with Crippen LogP contribution in [-0.2, 0) is 12.7 Å². The molecule has 0 aliphatic heterocycles. The minimum absolute atomic E-state index is 0.0374. The zero-order valence-electron chi connectivity index (χ0n) is 13.0. The summed E-state index contributed by atoms with van der Waals surface area (Å²) in [5, 5.41) is 5.83. The number of benzene rings is 1. The van der Waals surface area contributed by atoms with Gasteiger partial charge in [0.25, 0.3) is 0 Å². The number of anilines is 1. The quantitative estimate of drug-likeness (QED) is 0.841. The van der Waals surface area contributed by atoms with Crippen molar-refractivity contribution in [3.8, 4) is 5.75 Å². The van der Waals surface area contributed by atoms with Crippen LogP contribution in [0.25, 0.3) is 0 Å². The molecule has 0 bridgehead atoms. The number of hydrogen-bond acceptors (Lipinski definition) is 4. The SMILES string of the molecule is CCOc1ccc(C(F)(F)F)cc1NC(=O)NCc1cnc(C)s1. The highest BCUT2D eigenvalue weighted by molar-refractivity contribution is 7.11. The summed E-state index contributed by atoms with van der Waals surface area (Å²) in [7, 11) is 0. The third-order valence-corrected chi connectivity index (χ3v) is 3.86. The molecule has 0 spiro atoms. The maximum atomic E-state index is 12.8. The van der Waals surface area contributed by atoms with E-state index in [-0.39, 0.29) is 24.6 Å². The first-order valence-electron chi connectivity index (χ1n) is 7.09. The number of hydrogen-bond donors (Lipinski definition) is 2. The van der Waals surface area contributed by atoms with Crippen molar-refractivity contribution < 1.29 is 22.7 Å². The fourth-order valence-corrected chi connectivity index (χ4v) is 2.64. The number of carbonyl (C=O) groups is 1. The van der Waals surface area contributed by atoms with Crippen LogP contribution in [0.15, 0.2) is 24.4 Å². The lowest BCUT2D eigenvalue weighted by Crippen LogP contribution is -2.28. The zero-order valence-corrected chi connectivity index (χ0v) is 13.8. The normalized spacial score (nSPS) is 11.2. The number of alkyl halides is 3. The molecule has 0 unspecified atom stereocenters. The first-order chi connectivity index (χ1) is 11.3. The van der Waals surface area contributed by atoms with Gasteiger partial charge in [-0.2, -0.15) is 13.2 Å². The zero-order chi connectivity index (χ0) is 17.7. The monoisotopic (exact) mass is 359 g/mol. The molecule has 2 N–H and O–H groups in total. The van der Waals surface area contributed by atoms with Crippen molar-refractivity contribution in [2.45, 2.75) is 26.6 Å². The molecule has 2 aromatic rings. The minimum Gasteiger partial charge on any atom is -0.492 e. The molecule has 5 nitrogen and oxygen atoms in total. The summed E-state index contributed by atoms with van der Waals surface area (Å²) in [5.41, 5.74) is -0.899. The number of rotatable bonds is 5. The van der Waals surface area contributed by atoms with E-state index in [1.54, 1.807) is 13.1 Å². The van der Waals surface area contributed by atoms with Crippen LogP contribution in [0.1, 0.15) is 22.4 Å². The second kappa shape index (κ2) is 7.52. The largest absolute Gasteiger partial charge is 0.492 e. The van der Waals surface area contributed by atoms with Crippen molar-refractivity contribution in [2.24, 2.45) is 0 Å². The van der Waals surface area contributed by atoms with Crippen molar-refractivity contribution >= 4 is 23.1 Å². The van der Waals surface area contributed by atoms with Crippen molar-refractivity contribution in [1.82, 2.24) is 10.3 Å². The van der Waals surface area contributed by atoms with Gasteiger partial charge in [-0.1, -0.05) is 0 Å². The van der Waals surface area contributed by atoms with Crippen molar-refractivity contribution in [1.29, 1.82) is 0 Å². The van der Waals surface area contributed by atoms with Crippen LogP contribution in [0, 0.1) is 6.92 Å². The first-order valence-corrected chi connectivity index (χ1v) is 7.91. The van der Waals surface area contributed by atoms with E-state index in [2.05, 4.69) is 15.6 Å². The molecule has 0 aliphatic rings. The predicted octanol–water partition coefficient (Wildman–Crippen LogP) is 4.19. The molecule has 0 saturated heterocycles. The summed E-state index contributed by atoms with van der Waals surface area (Å²) < 4.78 is 43.7. The van der Waals surface area contributed by atoms with Gasteiger partial charge in [0.15, 0.2) is 0 Å². The molecule has 1 heterocycles. The maximum absolute atomic E-state index is 12.8. The van der Waals surface area contributed by atoms with E-state index in [4.69, 9.17) is 4.74 Å². The lowest BCUT2D eigenvalue weighted by Gasteiger charge is -2.15. The van der Waals surface area contributed by atoms with Gasteiger partial charge < -0.3 is 15.4 Å². The Bertz CT molecular complexity index is 716. The van der Waals surface area contributed by atoms with Gasteiger partial charge in [-0.15, -0.1) is 11.3 Å². The molecule has 0 radical (unpaired) electrons. The van der Waals surface area contributed by atoms with Crippen LogP contribution in [0.5, 0.6) is 5.75 Å². The Morgan fingerprint density at radius 1 is 1.38 bits per heavy atom. The van der Waals surface area contributed by atoms with Gasteiger partial charge in [0.05, 0.1) is 29.4 Å². The number of urea groups is 1. The Kier molecular flexibility index (Phi) is 5.66. The molecule has 0 atom stereocenters. The van der Waals surface area contributed by atoms with Gasteiger partial charge >= 0.3 is 12.2 Å². The number of aryl methyl sites for hydroxylation is 1. The van der Waals surface area contributed by atoms with E-state index in [1.165, 1.54) is 17.4 Å². The van der Waals surface area contributed by atoms with E-state index in [0.29, 0.717) is 0 Å². The van der Waals surface area contributed by atoms with E-state index < -0.39 is 17.8 Å². The number of carbonyl (C=O) groups excluding carboxylic acids is 1. The molecular formula is C15H16F3N3O2S. The lowest BCUT2D eigenvalue weighted by molar-refractivity contribution is -0.137. The van der Waals surface area contributed by atoms with Crippen molar-refractivity contribution in [3.63, 3.8) is 0 Å². The molecule has 9 heteroatoms. The Labute approximate surface area is 140 Å². The summed E-state index contributed by atoms with van der Waals surface area (Å²) >= 11 is 1.43. The van der Waals surface area contributed by atoms with Crippen LogP contribution in [0.2, 0.25) is 0 Å². The second-order valence-electron chi connectivity index (χ2n) is 4.79. The third kappa shape index (κ3) is 4.85. The number of nitrogens with zero attached hydrogens (tertiary/aromatic N) is 1. The Morgan fingerprint density at radius 2 is 2.12 bits per heavy atom. The van der Waals surface area contributed by atoms with Crippen LogP contribution >= 0.6 is 11.3 Å². The van der Waals surface area contributed by atoms with Crippen LogP contribution < -0.4 is 15.4 Å². The topological polar surface area (TPSA) is 63.2 Å². The molecule has 2 amide bonds. The predicted molar refractivity (Wildman–Crippen MR) is 85.3 cm³/mol. The summed E-state index contributed by atoms with van der Waals surface area (Å²) in [5.74, 6) is 0.175. The molecular weight excluding hydrogens is 343 g/mol. The Hall–Kier alpha value is -2.29. The van der Waals surface area contributed by atoms with Gasteiger partial charge in [0.2, 0.25) is 0 Å². The average molecular weight is 359 g/mol. The minimum atomic E-state index is -4.50. The Balaban J connectivity index is 2.09. The highest BCUT2D eigenvalue weighted by Gasteiger charge is 2.31. The molecule has 24 heavy (non-hydrogen) atoms. The standard InChI is InChI=1S/C15H16F3N3O2S/c1-3-23-13-5-4-10(15(16,17)18)6-12(13)21-14(22)20-8-11-7-19-9(2)24-11/h4-7H,3,8H2,1-2H3,(H2,20,21,22). The first kappa shape index (κ1) is 18.1. The smallest absolute Gasteiger partial charge is 0.416 e. The molecule has 130 valence electrons. The second-order valence-corrected chi connectivity index (χ2v) is 6.11. The number of halogens is 3. The number of thiazole rings is 1. The third-order valence-electron chi connectivity index (χ3n) is 2.95. The van der Waals surface area contributed by atoms with Crippen molar-refractivity contribution in [3.05, 3.63) is 39.8 Å². The Morgan fingerprint density at radius 3 is 2.71 bits per heavy atom. The number of ether oxygens (including phenoxy) is 1. The summed E-state index contributed by atoms with van der Waals surface area (Å²) in [6.07, 6.45) is -2.87. The van der Waals surface area contributed by atoms with Crippen LogP contribution in [0.3, 0.4) is 0 Å². The van der Waals surface area contributed by atoms with Gasteiger partial charge in [-0.3, -0.25) is 0 Å². The fraction of sp³-hybridized carbons (Fsp3) is 0.333. The number of aromatic nitrogens is 1. The van der Waals surface area contributed by atoms with E-state index in [9.17, 15) is 18.0 Å². The summed E-state index contributed by atoms with van der Waals surface area (Å²) in [6.45, 7) is 4.04. The van der Waals surface area contributed by atoms with Crippen LogP contribution in [-0.4, -0.2) is 17.6 Å². The molecule has 1 aromatic heterocycles. The number of nitrogens with one attached hydrogen (secondary N) is 2. The summed E-state index contributed by atoms with van der Waals surface area (Å²) in [4.78, 5) is 16.8. The highest BCUT2D eigenvalue weighted by Crippen LogP contribution is 2.35. The van der Waals surface area contributed by atoms with Gasteiger partial charge in [0, 0.05) is 11.1 Å². The van der Waals surface area contributed by atoms with E-state index in [0.717, 1.165) is 22.0 Å². The van der Waals surface area contributed by atoms with E-state index >= 15 is 0 Å². The average Bonchev–Trinajstić information content (AvgIpc) is 2.92. The maximum Gasteiger partial charge on any atom is 0.416 e. The van der Waals surface area contributed by atoms with E-state index in [1.807, 2.05) is 6.92 Å². The number of amides is 2. The van der Waals surface area contributed by atoms with Gasteiger partial charge in [-0.05, 0) is 32.0 Å². The van der Waals surface area contributed by atoms with Gasteiger partial charge in [-0.25, -0.2) is 9.78 Å². The molecule has 1 aromatic carbocycles. The molecule has 2 rings (SSSR count). The van der Waals surface area contributed by atoms with Crippen molar-refractivity contribution in [2.75, 3.05) is 11.9 Å². The van der Waals surface area contributed by atoms with Gasteiger partial charge in [0.1, 0.15) is 5.75 Å². The molecule has 0 fully saturated rings.